The molecule has 4 aromatic carbocycles. The number of carboxylic acids is 1. The molecule has 364 valence electrons. The van der Waals surface area contributed by atoms with E-state index in [0.717, 1.165) is 115 Å². The minimum atomic E-state index is -0.981. The summed E-state index contributed by atoms with van der Waals surface area (Å²) in [6.07, 6.45) is 10.5. The monoisotopic (exact) mass is 966 g/mol. The maximum Gasteiger partial charge on any atom is 0.327 e. The molecule has 17 heteroatoms. The van der Waals surface area contributed by atoms with Crippen molar-refractivity contribution in [1.29, 1.82) is 0 Å². The van der Waals surface area contributed by atoms with Gasteiger partial charge in [-0.1, -0.05) is 80.4 Å². The molecule has 0 atom stereocenters. The normalized spacial score (nSPS) is 13.2. The first kappa shape index (κ1) is 52.9. The van der Waals surface area contributed by atoms with Gasteiger partial charge in [-0.3, -0.25) is 9.59 Å². The fraction of sp³-hybridized carbons (Fsp3) is 0.226. The molecule has 16 nitrogen and oxygen atoms in total. The third-order valence-electron chi connectivity index (χ3n) is 11.0. The van der Waals surface area contributed by atoms with Crippen LogP contribution in [0.25, 0.3) is 22.3 Å². The predicted molar refractivity (Wildman–Crippen MR) is 278 cm³/mol. The minimum Gasteiger partial charge on any atom is -0.478 e. The number of hydrogen-bond donors (Lipinski definition) is 6. The number of para-hydroxylation sites is 2. The number of allylic oxidation sites excluding steroid dienone is 1. The maximum atomic E-state index is 11.8. The van der Waals surface area contributed by atoms with E-state index in [2.05, 4.69) is 55.6 Å². The van der Waals surface area contributed by atoms with E-state index < -0.39 is 11.2 Å². The second-order valence-corrected chi connectivity index (χ2v) is 16.2. The van der Waals surface area contributed by atoms with Crippen molar-refractivity contribution in [3.05, 3.63) is 160 Å². The van der Waals surface area contributed by atoms with E-state index in [1.807, 2.05) is 114 Å². The third-order valence-corrected chi connectivity index (χ3v) is 11.2. The van der Waals surface area contributed by atoms with Crippen LogP contribution in [0.1, 0.15) is 25.7 Å². The van der Waals surface area contributed by atoms with Gasteiger partial charge in [0.25, 0.3) is 0 Å². The first-order valence-corrected chi connectivity index (χ1v) is 23.0. The van der Waals surface area contributed by atoms with E-state index in [1.54, 1.807) is 0 Å². The molecule has 70 heavy (non-hydrogen) atoms. The van der Waals surface area contributed by atoms with Crippen LogP contribution in [-0.4, -0.2) is 86.3 Å². The summed E-state index contributed by atoms with van der Waals surface area (Å²) in [4.78, 5) is 49.6. The Balaban J connectivity index is 0.000000220. The molecule has 4 heterocycles. The highest BCUT2D eigenvalue weighted by atomic mass is 35.5. The number of piperidine rings is 2. The number of nitrogens with two attached hydrogens (primary N) is 2. The van der Waals surface area contributed by atoms with Crippen molar-refractivity contribution in [2.24, 2.45) is 11.8 Å². The molecule has 2 aliphatic heterocycles. The number of carbonyl (C=O) groups is 3. The van der Waals surface area contributed by atoms with Gasteiger partial charge in [0, 0.05) is 32.3 Å². The van der Waals surface area contributed by atoms with Gasteiger partial charge in [-0.25, -0.2) is 24.7 Å². The number of amides is 1. The van der Waals surface area contributed by atoms with Crippen LogP contribution in [0.2, 0.25) is 0 Å². The highest BCUT2D eigenvalue weighted by Crippen LogP contribution is 2.35. The van der Waals surface area contributed by atoms with Crippen molar-refractivity contribution in [3.63, 3.8) is 0 Å². The molecule has 0 aliphatic carbocycles. The Hall–Kier alpha value is -8.08. The fourth-order valence-corrected chi connectivity index (χ4v) is 7.32. The van der Waals surface area contributed by atoms with Crippen molar-refractivity contribution in [2.75, 3.05) is 61.4 Å². The molecule has 6 aromatic rings. The van der Waals surface area contributed by atoms with Crippen LogP contribution >= 0.6 is 11.6 Å². The predicted octanol–water partition coefficient (Wildman–Crippen LogP) is 9.48. The number of hydrogen-bond acceptors (Lipinski definition) is 14. The van der Waals surface area contributed by atoms with Crippen molar-refractivity contribution in [2.45, 2.75) is 25.7 Å². The molecule has 8 N–H and O–H groups in total. The largest absolute Gasteiger partial charge is 0.478 e. The van der Waals surface area contributed by atoms with Gasteiger partial charge in [-0.2, -0.15) is 0 Å². The Morgan fingerprint density at radius 1 is 0.629 bits per heavy atom. The molecule has 2 aliphatic rings. The Bertz CT molecular complexity index is 2590. The number of benzene rings is 4. The zero-order valence-corrected chi connectivity index (χ0v) is 39.6. The first-order chi connectivity index (χ1) is 34.0. The number of likely N-dealkylation sites (tertiary alicyclic amines) is 1. The summed E-state index contributed by atoms with van der Waals surface area (Å²) >= 11 is 4.71. The third kappa shape index (κ3) is 17.2. The summed E-state index contributed by atoms with van der Waals surface area (Å²) in [6, 6.07) is 35.0. The smallest absolute Gasteiger partial charge is 0.327 e. The van der Waals surface area contributed by atoms with E-state index in [4.69, 9.17) is 37.6 Å². The van der Waals surface area contributed by atoms with E-state index in [1.165, 1.54) is 31.6 Å². The standard InChI is InChI=1S/C25H27N5O2.C22H25N5O.C3H3ClO.C3H4O2/c1-2-22(31)30-14-12-18(13-15-30)16-27-25-23(24(26)28-17-29-25)19-8-10-21(11-9-19)32-20-6-4-3-5-7-20;23-21-20(22(27-15-26-21)25-14-16-10-12-24-13-11-16)17-6-8-19(9-7-17)28-18-4-2-1-3-5-18;2*1-2-3(4)5/h2-11,17-18H,1,12-16H2,(H3,26,27,28,29);1-9,15-16,24H,10-14H2,(H3,23,25,26,27);2H,1H2;2H,1H2,(H,4,5). The molecule has 2 aromatic heterocycles. The highest BCUT2D eigenvalue weighted by Gasteiger charge is 2.22. The zero-order valence-electron chi connectivity index (χ0n) is 38.9. The molecule has 1 amide bonds. The van der Waals surface area contributed by atoms with E-state index in [9.17, 15) is 14.4 Å². The van der Waals surface area contributed by atoms with Gasteiger partial charge in [-0.05, 0) is 134 Å². The zero-order chi connectivity index (χ0) is 50.1. The first-order valence-electron chi connectivity index (χ1n) is 22.6. The van der Waals surface area contributed by atoms with Crippen LogP contribution in [0, 0.1) is 11.8 Å². The van der Waals surface area contributed by atoms with Gasteiger partial charge in [0.2, 0.25) is 11.1 Å². The molecule has 8 rings (SSSR count). The van der Waals surface area contributed by atoms with Crippen molar-refractivity contribution >= 4 is 52.0 Å². The van der Waals surface area contributed by atoms with Gasteiger partial charge < -0.3 is 46.9 Å². The number of anilines is 4. The molecule has 2 fully saturated rings. The highest BCUT2D eigenvalue weighted by molar-refractivity contribution is 6.66. The van der Waals surface area contributed by atoms with Crippen LogP contribution in [0.3, 0.4) is 0 Å². The van der Waals surface area contributed by atoms with Crippen molar-refractivity contribution in [3.8, 4) is 45.3 Å². The molecule has 0 bridgehead atoms. The molecular formula is C53H59ClN10O6. The Morgan fingerprint density at radius 2 is 1.01 bits per heavy atom. The number of carboxylic acid groups (broad SMARTS) is 1. The quantitative estimate of drug-likeness (QED) is 0.0416. The summed E-state index contributed by atoms with van der Waals surface area (Å²) in [5, 5.41) is 17.4. The number of nitrogens with one attached hydrogen (secondary N) is 3. The molecule has 0 radical (unpaired) electrons. The number of rotatable bonds is 15. The Morgan fingerprint density at radius 3 is 1.39 bits per heavy atom. The van der Waals surface area contributed by atoms with Crippen molar-refractivity contribution < 1.29 is 29.0 Å². The van der Waals surface area contributed by atoms with E-state index >= 15 is 0 Å². The lowest BCUT2D eigenvalue weighted by molar-refractivity contribution is -0.131. The molecule has 0 spiro atoms. The summed E-state index contributed by atoms with van der Waals surface area (Å²) < 4.78 is 11.8. The van der Waals surface area contributed by atoms with Gasteiger partial charge in [-0.15, -0.1) is 0 Å². The van der Waals surface area contributed by atoms with Crippen LogP contribution in [0.5, 0.6) is 23.0 Å². The fourth-order valence-electron chi connectivity index (χ4n) is 7.32. The number of aliphatic carboxylic acids is 1. The molecule has 2 saturated heterocycles. The maximum absolute atomic E-state index is 11.8. The average Bonchev–Trinajstić information content (AvgIpc) is 3.39. The Kier molecular flexibility index (Phi) is 21.4. The van der Waals surface area contributed by atoms with E-state index in [0.29, 0.717) is 29.3 Å². The number of nitrogens with zero attached hydrogens (tertiary/aromatic N) is 5. The Labute approximate surface area is 413 Å². The SMILES string of the molecule is C=CC(=O)Cl.C=CC(=O)N1CCC(CNc2ncnc(N)c2-c2ccc(Oc3ccccc3)cc2)CC1.C=CC(=O)O.Nc1ncnc(NCC2CCNCC2)c1-c1ccc(Oc2ccccc2)cc1. The lowest BCUT2D eigenvalue weighted by Gasteiger charge is -2.31. The summed E-state index contributed by atoms with van der Waals surface area (Å²) in [6.45, 7) is 14.9. The number of halogens is 1. The van der Waals surface area contributed by atoms with Gasteiger partial charge in [0.05, 0.1) is 11.1 Å². The number of carbonyl (C=O) groups excluding carboxylic acids is 2. The van der Waals surface area contributed by atoms with Crippen molar-refractivity contribution in [1.82, 2.24) is 30.2 Å². The number of ether oxygens (including phenoxy) is 2. The lowest BCUT2D eigenvalue weighted by Crippen LogP contribution is -2.39. The van der Waals surface area contributed by atoms with Gasteiger partial charge >= 0.3 is 5.97 Å². The topological polar surface area (TPSA) is 233 Å². The van der Waals surface area contributed by atoms with Crippen LogP contribution in [0.4, 0.5) is 23.3 Å². The van der Waals surface area contributed by atoms with Gasteiger partial charge in [0.15, 0.2) is 0 Å². The van der Waals surface area contributed by atoms with Gasteiger partial charge in [0.1, 0.15) is 58.9 Å². The van der Waals surface area contributed by atoms with Crippen LogP contribution in [-0.2, 0) is 14.4 Å². The second kappa shape index (κ2) is 28.3. The molecule has 0 unspecified atom stereocenters. The second-order valence-electron chi connectivity index (χ2n) is 15.8. The summed E-state index contributed by atoms with van der Waals surface area (Å²) in [5.41, 5.74) is 15.9. The molecule has 0 saturated carbocycles. The van der Waals surface area contributed by atoms with Crippen LogP contribution in [0.15, 0.2) is 160 Å². The number of aromatic nitrogens is 4. The van der Waals surface area contributed by atoms with E-state index in [-0.39, 0.29) is 5.91 Å². The average molecular weight is 968 g/mol. The number of nitrogen functional groups attached to an aromatic ring is 2. The lowest BCUT2D eigenvalue weighted by atomic mass is 9.96. The summed E-state index contributed by atoms with van der Waals surface area (Å²) in [5.74, 6) is 5.61. The van der Waals surface area contributed by atoms with Crippen LogP contribution < -0.4 is 36.9 Å². The summed E-state index contributed by atoms with van der Waals surface area (Å²) in [7, 11) is 0. The minimum absolute atomic E-state index is 0.00181. The molecular weight excluding hydrogens is 908 g/mol.